The van der Waals surface area contributed by atoms with Gasteiger partial charge in [0, 0.05) is 24.1 Å². The number of amides is 1. The van der Waals surface area contributed by atoms with Crippen molar-refractivity contribution in [1.82, 2.24) is 15.1 Å². The van der Waals surface area contributed by atoms with E-state index < -0.39 is 0 Å². The summed E-state index contributed by atoms with van der Waals surface area (Å²) in [6, 6.07) is 0. The third kappa shape index (κ3) is 2.45. The highest BCUT2D eigenvalue weighted by Gasteiger charge is 2.29. The standard InChI is InChI=1S/C11H16BrN3O/c1-7-9(5-14-15(7)2)11(16)13-6-10(12)8-3-4-8/h5,8,10H,3-4,6H2,1-2H3,(H,13,16). The van der Waals surface area contributed by atoms with Gasteiger partial charge >= 0.3 is 0 Å². The molecule has 5 heteroatoms. The number of carbonyl (C=O) groups is 1. The Kier molecular flexibility index (Phi) is 3.33. The molecule has 1 saturated carbocycles. The Morgan fingerprint density at radius 1 is 1.75 bits per heavy atom. The number of hydrogen-bond donors (Lipinski definition) is 1. The number of alkyl halides is 1. The maximum absolute atomic E-state index is 11.8. The minimum atomic E-state index is -0.0318. The van der Waals surface area contributed by atoms with Crippen LogP contribution in [0.5, 0.6) is 0 Å². The zero-order valence-corrected chi connectivity index (χ0v) is 11.1. The number of halogens is 1. The topological polar surface area (TPSA) is 46.9 Å². The van der Waals surface area contributed by atoms with Gasteiger partial charge in [0.2, 0.25) is 0 Å². The highest BCUT2D eigenvalue weighted by atomic mass is 79.9. The van der Waals surface area contributed by atoms with Crippen molar-refractivity contribution in [2.45, 2.75) is 24.6 Å². The van der Waals surface area contributed by atoms with E-state index in [2.05, 4.69) is 26.3 Å². The molecule has 0 radical (unpaired) electrons. The SMILES string of the molecule is Cc1c(C(=O)NCC(Br)C2CC2)cnn1C. The predicted molar refractivity (Wildman–Crippen MR) is 65.7 cm³/mol. The Labute approximate surface area is 104 Å². The highest BCUT2D eigenvalue weighted by molar-refractivity contribution is 9.09. The third-order valence-corrected chi connectivity index (χ3v) is 4.14. The van der Waals surface area contributed by atoms with Crippen molar-refractivity contribution >= 4 is 21.8 Å². The molecule has 1 heterocycles. The van der Waals surface area contributed by atoms with Crippen molar-refractivity contribution in [2.24, 2.45) is 13.0 Å². The van der Waals surface area contributed by atoms with Gasteiger partial charge in [-0.3, -0.25) is 9.48 Å². The molecular formula is C11H16BrN3O. The van der Waals surface area contributed by atoms with E-state index in [-0.39, 0.29) is 5.91 Å². The quantitative estimate of drug-likeness (QED) is 0.855. The number of rotatable bonds is 4. The number of hydrogen-bond acceptors (Lipinski definition) is 2. The van der Waals surface area contributed by atoms with Crippen LogP contribution in [-0.4, -0.2) is 27.1 Å². The third-order valence-electron chi connectivity index (χ3n) is 3.07. The Bertz CT molecular complexity index is 398. The second-order valence-corrected chi connectivity index (χ2v) is 5.51. The van der Waals surface area contributed by atoms with Crippen LogP contribution < -0.4 is 5.32 Å². The van der Waals surface area contributed by atoms with Gasteiger partial charge < -0.3 is 5.32 Å². The van der Waals surface area contributed by atoms with Crippen LogP contribution in [0, 0.1) is 12.8 Å². The number of nitrogens with one attached hydrogen (secondary N) is 1. The molecule has 16 heavy (non-hydrogen) atoms. The van der Waals surface area contributed by atoms with Crippen molar-refractivity contribution in [1.29, 1.82) is 0 Å². The van der Waals surface area contributed by atoms with E-state index in [0.717, 1.165) is 11.6 Å². The maximum atomic E-state index is 11.8. The van der Waals surface area contributed by atoms with E-state index in [9.17, 15) is 4.79 Å². The first kappa shape index (κ1) is 11.6. The molecule has 1 atom stereocenters. The summed E-state index contributed by atoms with van der Waals surface area (Å²) < 4.78 is 1.71. The Hall–Kier alpha value is -0.840. The fourth-order valence-corrected chi connectivity index (χ4v) is 2.32. The van der Waals surface area contributed by atoms with Gasteiger partial charge in [0.15, 0.2) is 0 Å². The molecular weight excluding hydrogens is 270 g/mol. The molecule has 0 aliphatic heterocycles. The molecule has 1 fully saturated rings. The molecule has 0 saturated heterocycles. The number of carbonyl (C=O) groups excluding carboxylic acids is 1. The van der Waals surface area contributed by atoms with Crippen LogP contribution in [0.25, 0.3) is 0 Å². The molecule has 1 aliphatic carbocycles. The van der Waals surface area contributed by atoms with Gasteiger partial charge in [0.25, 0.3) is 5.91 Å². The van der Waals surface area contributed by atoms with Crippen LogP contribution in [0.2, 0.25) is 0 Å². The summed E-state index contributed by atoms with van der Waals surface area (Å²) in [4.78, 5) is 12.3. The van der Waals surface area contributed by atoms with Gasteiger partial charge in [-0.2, -0.15) is 5.10 Å². The summed E-state index contributed by atoms with van der Waals surface area (Å²) >= 11 is 3.59. The van der Waals surface area contributed by atoms with E-state index in [1.165, 1.54) is 12.8 Å². The summed E-state index contributed by atoms with van der Waals surface area (Å²) in [6.07, 6.45) is 4.17. The monoisotopic (exact) mass is 285 g/mol. The zero-order chi connectivity index (χ0) is 11.7. The highest BCUT2D eigenvalue weighted by Crippen LogP contribution is 2.36. The van der Waals surface area contributed by atoms with E-state index in [1.54, 1.807) is 10.9 Å². The van der Waals surface area contributed by atoms with Gasteiger partial charge in [-0.1, -0.05) is 15.9 Å². The van der Waals surface area contributed by atoms with Crippen LogP contribution in [0.4, 0.5) is 0 Å². The van der Waals surface area contributed by atoms with Crippen molar-refractivity contribution in [3.8, 4) is 0 Å². The molecule has 1 unspecified atom stereocenters. The lowest BCUT2D eigenvalue weighted by molar-refractivity contribution is 0.0952. The summed E-state index contributed by atoms with van der Waals surface area (Å²) in [6.45, 7) is 2.59. The van der Waals surface area contributed by atoms with E-state index >= 15 is 0 Å². The maximum Gasteiger partial charge on any atom is 0.254 e. The van der Waals surface area contributed by atoms with E-state index in [4.69, 9.17) is 0 Å². The minimum absolute atomic E-state index is 0.0318. The second-order valence-electron chi connectivity index (χ2n) is 4.33. The molecule has 0 aromatic carbocycles. The average Bonchev–Trinajstić information content (AvgIpc) is 3.04. The van der Waals surface area contributed by atoms with Crippen molar-refractivity contribution in [3.63, 3.8) is 0 Å². The Morgan fingerprint density at radius 3 is 2.94 bits per heavy atom. The molecule has 0 spiro atoms. The van der Waals surface area contributed by atoms with Gasteiger partial charge in [-0.15, -0.1) is 0 Å². The predicted octanol–water partition coefficient (Wildman–Crippen LogP) is 1.63. The summed E-state index contributed by atoms with van der Waals surface area (Å²) in [5.41, 5.74) is 1.56. The molecule has 1 aromatic heterocycles. The number of aromatic nitrogens is 2. The molecule has 1 aromatic rings. The smallest absolute Gasteiger partial charge is 0.254 e. The van der Waals surface area contributed by atoms with Gasteiger partial charge in [-0.05, 0) is 25.7 Å². The second kappa shape index (κ2) is 4.57. The van der Waals surface area contributed by atoms with Crippen LogP contribution in [0.15, 0.2) is 6.20 Å². The fourth-order valence-electron chi connectivity index (χ4n) is 1.63. The molecule has 0 bridgehead atoms. The van der Waals surface area contributed by atoms with E-state index in [1.807, 2.05) is 14.0 Å². The Morgan fingerprint density at radius 2 is 2.44 bits per heavy atom. The normalized spacial score (nSPS) is 17.2. The van der Waals surface area contributed by atoms with Crippen molar-refractivity contribution < 1.29 is 4.79 Å². The molecule has 88 valence electrons. The van der Waals surface area contributed by atoms with Gasteiger partial charge in [0.1, 0.15) is 0 Å². The number of aryl methyl sites for hydroxylation is 1. The lowest BCUT2D eigenvalue weighted by Crippen LogP contribution is -2.30. The first-order chi connectivity index (χ1) is 7.59. The molecule has 4 nitrogen and oxygen atoms in total. The van der Waals surface area contributed by atoms with Crippen LogP contribution in [0.1, 0.15) is 28.9 Å². The van der Waals surface area contributed by atoms with E-state index in [0.29, 0.717) is 16.9 Å². The molecule has 1 N–H and O–H groups in total. The zero-order valence-electron chi connectivity index (χ0n) is 9.53. The lowest BCUT2D eigenvalue weighted by Gasteiger charge is -2.09. The first-order valence-corrected chi connectivity index (χ1v) is 6.42. The summed E-state index contributed by atoms with van der Waals surface area (Å²) in [5, 5.41) is 6.99. The van der Waals surface area contributed by atoms with Crippen LogP contribution in [-0.2, 0) is 7.05 Å². The van der Waals surface area contributed by atoms with Crippen molar-refractivity contribution in [2.75, 3.05) is 6.54 Å². The molecule has 1 amide bonds. The van der Waals surface area contributed by atoms with Crippen LogP contribution in [0.3, 0.4) is 0 Å². The summed E-state index contributed by atoms with van der Waals surface area (Å²) in [7, 11) is 1.84. The van der Waals surface area contributed by atoms with Gasteiger partial charge in [-0.25, -0.2) is 0 Å². The first-order valence-electron chi connectivity index (χ1n) is 5.50. The minimum Gasteiger partial charge on any atom is -0.351 e. The number of nitrogens with zero attached hydrogens (tertiary/aromatic N) is 2. The lowest BCUT2D eigenvalue weighted by atomic mass is 10.2. The fraction of sp³-hybridized carbons (Fsp3) is 0.636. The van der Waals surface area contributed by atoms with Crippen molar-refractivity contribution in [3.05, 3.63) is 17.5 Å². The summed E-state index contributed by atoms with van der Waals surface area (Å²) in [5.74, 6) is 0.714. The van der Waals surface area contributed by atoms with Gasteiger partial charge in [0.05, 0.1) is 11.8 Å². The Balaban J connectivity index is 1.90. The van der Waals surface area contributed by atoms with Crippen LogP contribution >= 0.6 is 15.9 Å². The average molecular weight is 286 g/mol. The molecule has 1 aliphatic rings. The largest absolute Gasteiger partial charge is 0.351 e. The molecule has 2 rings (SSSR count).